The van der Waals surface area contributed by atoms with Crippen molar-refractivity contribution < 1.29 is 14.0 Å². The number of nitrogens with zero attached hydrogens (tertiary/aromatic N) is 3. The third-order valence-corrected chi connectivity index (χ3v) is 3.06. The van der Waals surface area contributed by atoms with Gasteiger partial charge >= 0.3 is 0 Å². The molecule has 0 spiro atoms. The first-order valence-electron chi connectivity index (χ1n) is 6.57. The van der Waals surface area contributed by atoms with E-state index in [4.69, 9.17) is 14.0 Å². The molecule has 3 rings (SSSR count). The fourth-order valence-electron chi connectivity index (χ4n) is 2.20. The van der Waals surface area contributed by atoms with E-state index in [9.17, 15) is 0 Å². The minimum Gasteiger partial charge on any atom is -0.486 e. The minimum atomic E-state index is -0.00100. The van der Waals surface area contributed by atoms with Crippen molar-refractivity contribution >= 4 is 0 Å². The van der Waals surface area contributed by atoms with Crippen LogP contribution in [0.5, 0.6) is 11.5 Å². The summed E-state index contributed by atoms with van der Waals surface area (Å²) in [5.74, 6) is 2.87. The average Bonchev–Trinajstić information content (AvgIpc) is 2.83. The lowest BCUT2D eigenvalue weighted by Gasteiger charge is -2.29. The van der Waals surface area contributed by atoms with E-state index in [0.717, 1.165) is 18.0 Å². The molecule has 1 aromatic carbocycles. The maximum atomic E-state index is 5.91. The Labute approximate surface area is 117 Å². The van der Waals surface area contributed by atoms with Crippen LogP contribution in [0.4, 0.5) is 0 Å². The molecule has 0 radical (unpaired) electrons. The molecule has 6 heteroatoms. The monoisotopic (exact) mass is 275 g/mol. The first kappa shape index (κ1) is 12.9. The molecule has 2 heterocycles. The zero-order valence-electron chi connectivity index (χ0n) is 11.6. The minimum absolute atomic E-state index is 0.00100. The first-order chi connectivity index (χ1) is 9.70. The van der Waals surface area contributed by atoms with Crippen molar-refractivity contribution in [3.63, 3.8) is 0 Å². The smallest absolute Gasteiger partial charge is 0.240 e. The van der Waals surface area contributed by atoms with Crippen molar-refractivity contribution in [2.45, 2.75) is 19.6 Å². The second-order valence-electron chi connectivity index (χ2n) is 4.93. The number of hydrogen-bond donors (Lipinski definition) is 0. The quantitative estimate of drug-likeness (QED) is 0.845. The molecule has 1 aliphatic rings. The van der Waals surface area contributed by atoms with E-state index in [0.29, 0.717) is 24.9 Å². The molecule has 0 bridgehead atoms. The summed E-state index contributed by atoms with van der Waals surface area (Å²) < 4.78 is 16.7. The van der Waals surface area contributed by atoms with Gasteiger partial charge in [0.25, 0.3) is 0 Å². The van der Waals surface area contributed by atoms with Crippen molar-refractivity contribution in [1.82, 2.24) is 15.0 Å². The molecule has 0 amide bonds. The Kier molecular flexibility index (Phi) is 3.56. The topological polar surface area (TPSA) is 60.6 Å². The Morgan fingerprint density at radius 1 is 1.30 bits per heavy atom. The molecule has 20 heavy (non-hydrogen) atoms. The lowest BCUT2D eigenvalue weighted by Crippen LogP contribution is -2.39. The van der Waals surface area contributed by atoms with Crippen molar-refractivity contribution in [2.75, 3.05) is 20.2 Å². The summed E-state index contributed by atoms with van der Waals surface area (Å²) in [5.41, 5.74) is 0. The van der Waals surface area contributed by atoms with Gasteiger partial charge in [0.15, 0.2) is 17.3 Å². The van der Waals surface area contributed by atoms with Crippen LogP contribution >= 0.6 is 0 Å². The van der Waals surface area contributed by atoms with E-state index < -0.39 is 0 Å². The second kappa shape index (κ2) is 5.50. The van der Waals surface area contributed by atoms with E-state index in [2.05, 4.69) is 15.0 Å². The van der Waals surface area contributed by atoms with Crippen LogP contribution in [-0.2, 0) is 6.54 Å². The summed E-state index contributed by atoms with van der Waals surface area (Å²) in [6.07, 6.45) is -0.00100. The predicted molar refractivity (Wildman–Crippen MR) is 71.7 cm³/mol. The summed E-state index contributed by atoms with van der Waals surface area (Å²) in [7, 11) is 1.99. The number of benzene rings is 1. The number of para-hydroxylation sites is 2. The molecular weight excluding hydrogens is 258 g/mol. The van der Waals surface area contributed by atoms with Crippen LogP contribution in [0.1, 0.15) is 11.7 Å². The first-order valence-corrected chi connectivity index (χ1v) is 6.57. The van der Waals surface area contributed by atoms with E-state index in [-0.39, 0.29) is 6.10 Å². The summed E-state index contributed by atoms with van der Waals surface area (Å²) in [4.78, 5) is 6.27. The Morgan fingerprint density at radius 3 is 2.85 bits per heavy atom. The Hall–Kier alpha value is -2.08. The third-order valence-electron chi connectivity index (χ3n) is 3.06. The van der Waals surface area contributed by atoms with Crippen LogP contribution in [0, 0.1) is 6.92 Å². The summed E-state index contributed by atoms with van der Waals surface area (Å²) in [6, 6.07) is 7.71. The highest BCUT2D eigenvalue weighted by Gasteiger charge is 2.22. The van der Waals surface area contributed by atoms with Gasteiger partial charge in [0.1, 0.15) is 12.7 Å². The molecule has 1 aromatic heterocycles. The van der Waals surface area contributed by atoms with E-state index >= 15 is 0 Å². The molecule has 106 valence electrons. The predicted octanol–water partition coefficient (Wildman–Crippen LogP) is 1.65. The van der Waals surface area contributed by atoms with Gasteiger partial charge in [-0.3, -0.25) is 4.90 Å². The summed E-state index contributed by atoms with van der Waals surface area (Å²) in [5, 5.41) is 3.78. The van der Waals surface area contributed by atoms with Gasteiger partial charge in [0.05, 0.1) is 6.54 Å². The molecule has 0 saturated heterocycles. The van der Waals surface area contributed by atoms with Crippen LogP contribution in [0.25, 0.3) is 0 Å². The molecule has 0 saturated carbocycles. The van der Waals surface area contributed by atoms with E-state index in [1.165, 1.54) is 0 Å². The zero-order valence-corrected chi connectivity index (χ0v) is 11.6. The van der Waals surface area contributed by atoms with Gasteiger partial charge < -0.3 is 14.0 Å². The Morgan fingerprint density at radius 2 is 2.10 bits per heavy atom. The number of ether oxygens (including phenoxy) is 2. The highest BCUT2D eigenvalue weighted by atomic mass is 16.6. The highest BCUT2D eigenvalue weighted by Crippen LogP contribution is 2.30. The van der Waals surface area contributed by atoms with Gasteiger partial charge in [-0.15, -0.1) is 0 Å². The third kappa shape index (κ3) is 2.91. The molecule has 0 aliphatic carbocycles. The van der Waals surface area contributed by atoms with Gasteiger partial charge in [-0.25, -0.2) is 0 Å². The number of likely N-dealkylation sites (N-methyl/N-ethyl adjacent to an activating group) is 1. The van der Waals surface area contributed by atoms with Crippen LogP contribution in [0.2, 0.25) is 0 Å². The molecule has 0 fully saturated rings. The average molecular weight is 275 g/mol. The molecule has 0 N–H and O–H groups in total. The van der Waals surface area contributed by atoms with Crippen molar-refractivity contribution in [1.29, 1.82) is 0 Å². The van der Waals surface area contributed by atoms with Gasteiger partial charge in [0.2, 0.25) is 5.89 Å². The van der Waals surface area contributed by atoms with Gasteiger partial charge in [-0.05, 0) is 26.1 Å². The van der Waals surface area contributed by atoms with E-state index in [1.807, 2.05) is 38.2 Å². The fraction of sp³-hybridized carbons (Fsp3) is 0.429. The number of rotatable bonds is 4. The van der Waals surface area contributed by atoms with Crippen molar-refractivity contribution in [3.05, 3.63) is 36.0 Å². The molecular formula is C14H17N3O3. The summed E-state index contributed by atoms with van der Waals surface area (Å²) in [6.45, 7) is 3.68. The number of aryl methyl sites for hydroxylation is 1. The van der Waals surface area contributed by atoms with E-state index in [1.54, 1.807) is 0 Å². The summed E-state index contributed by atoms with van der Waals surface area (Å²) >= 11 is 0. The number of fused-ring (bicyclic) bond motifs is 1. The van der Waals surface area contributed by atoms with Crippen LogP contribution < -0.4 is 9.47 Å². The van der Waals surface area contributed by atoms with Gasteiger partial charge in [0, 0.05) is 6.54 Å². The number of aromatic nitrogens is 2. The fourth-order valence-corrected chi connectivity index (χ4v) is 2.20. The van der Waals surface area contributed by atoms with Gasteiger partial charge in [-0.2, -0.15) is 4.98 Å². The highest BCUT2D eigenvalue weighted by molar-refractivity contribution is 5.40. The lowest BCUT2D eigenvalue weighted by molar-refractivity contribution is 0.0613. The van der Waals surface area contributed by atoms with Crippen LogP contribution in [-0.4, -0.2) is 41.3 Å². The Balaban J connectivity index is 1.56. The molecule has 6 nitrogen and oxygen atoms in total. The maximum Gasteiger partial charge on any atom is 0.240 e. The maximum absolute atomic E-state index is 5.91. The standard InChI is InChI=1S/C14H17N3O3/c1-10-15-14(20-16-10)8-17(2)7-11-9-18-12-5-3-4-6-13(12)19-11/h3-6,11H,7-9H2,1-2H3/t11-/m1/s1. The van der Waals surface area contributed by atoms with Crippen LogP contribution in [0.3, 0.4) is 0 Å². The van der Waals surface area contributed by atoms with Crippen molar-refractivity contribution in [2.24, 2.45) is 0 Å². The molecule has 1 aliphatic heterocycles. The van der Waals surface area contributed by atoms with Crippen molar-refractivity contribution in [3.8, 4) is 11.5 Å². The normalized spacial score (nSPS) is 17.4. The lowest BCUT2D eigenvalue weighted by atomic mass is 10.2. The zero-order chi connectivity index (χ0) is 13.9. The Bertz CT molecular complexity index is 585. The molecule has 1 atom stereocenters. The SMILES string of the molecule is Cc1noc(CN(C)C[C@@H]2COc3ccccc3O2)n1. The van der Waals surface area contributed by atoms with Gasteiger partial charge in [-0.1, -0.05) is 17.3 Å². The largest absolute Gasteiger partial charge is 0.486 e. The molecule has 0 unspecified atom stereocenters. The second-order valence-corrected chi connectivity index (χ2v) is 4.93. The number of hydrogen-bond acceptors (Lipinski definition) is 6. The van der Waals surface area contributed by atoms with Crippen LogP contribution in [0.15, 0.2) is 28.8 Å². The molecule has 2 aromatic rings.